The third kappa shape index (κ3) is 5.40. The number of amides is 1. The van der Waals surface area contributed by atoms with E-state index in [0.29, 0.717) is 6.54 Å². The fourth-order valence-corrected chi connectivity index (χ4v) is 3.28. The molecule has 0 aromatic carbocycles. The van der Waals surface area contributed by atoms with Gasteiger partial charge in [-0.15, -0.1) is 12.4 Å². The molecule has 0 spiro atoms. The Morgan fingerprint density at radius 3 is 2.52 bits per heavy atom. The van der Waals surface area contributed by atoms with Crippen LogP contribution >= 0.6 is 12.4 Å². The Morgan fingerprint density at radius 1 is 1.19 bits per heavy atom. The minimum atomic E-state index is 0. The minimum absolute atomic E-state index is 0. The van der Waals surface area contributed by atoms with E-state index < -0.39 is 0 Å². The number of carbonyl (C=O) groups excluding carboxylic acids is 1. The molecule has 124 valence electrons. The summed E-state index contributed by atoms with van der Waals surface area (Å²) in [6, 6.07) is 0.0937. The van der Waals surface area contributed by atoms with Crippen molar-refractivity contribution in [1.29, 1.82) is 0 Å². The molecule has 2 N–H and O–H groups in total. The first-order chi connectivity index (χ1) is 9.74. The molecule has 5 nitrogen and oxygen atoms in total. The second kappa shape index (κ2) is 9.62. The van der Waals surface area contributed by atoms with Crippen LogP contribution < -0.4 is 5.73 Å². The summed E-state index contributed by atoms with van der Waals surface area (Å²) in [6.45, 7) is 1.43. The fourth-order valence-electron chi connectivity index (χ4n) is 3.28. The van der Waals surface area contributed by atoms with E-state index in [2.05, 4.69) is 0 Å². The Bertz CT molecular complexity index is 311. The molecule has 1 saturated heterocycles. The maximum atomic E-state index is 12.3. The summed E-state index contributed by atoms with van der Waals surface area (Å²) in [5.41, 5.74) is 5.80. The van der Waals surface area contributed by atoms with Crippen LogP contribution in [0.1, 0.15) is 44.9 Å². The van der Waals surface area contributed by atoms with Crippen molar-refractivity contribution in [3.63, 3.8) is 0 Å². The summed E-state index contributed by atoms with van der Waals surface area (Å²) in [6.07, 6.45) is 8.18. The van der Waals surface area contributed by atoms with E-state index in [4.69, 9.17) is 15.2 Å². The van der Waals surface area contributed by atoms with E-state index in [1.54, 1.807) is 7.11 Å². The number of hydrogen-bond donors (Lipinski definition) is 1. The van der Waals surface area contributed by atoms with E-state index in [1.807, 2.05) is 4.90 Å². The second-order valence-electron chi connectivity index (χ2n) is 5.93. The van der Waals surface area contributed by atoms with Crippen LogP contribution in [0.5, 0.6) is 0 Å². The Labute approximate surface area is 133 Å². The van der Waals surface area contributed by atoms with Gasteiger partial charge in [0.2, 0.25) is 5.91 Å². The third-order valence-corrected chi connectivity index (χ3v) is 4.59. The summed E-state index contributed by atoms with van der Waals surface area (Å²) >= 11 is 0. The zero-order valence-electron chi connectivity index (χ0n) is 13.0. The maximum absolute atomic E-state index is 12.3. The minimum Gasteiger partial charge on any atom is -0.381 e. The van der Waals surface area contributed by atoms with Crippen molar-refractivity contribution in [2.75, 3.05) is 26.8 Å². The first-order valence-corrected chi connectivity index (χ1v) is 7.88. The monoisotopic (exact) mass is 320 g/mol. The topological polar surface area (TPSA) is 64.8 Å². The Balaban J connectivity index is 0.00000220. The van der Waals surface area contributed by atoms with Gasteiger partial charge in [0, 0.05) is 26.2 Å². The van der Waals surface area contributed by atoms with E-state index in [9.17, 15) is 4.79 Å². The Morgan fingerprint density at radius 2 is 1.90 bits per heavy atom. The van der Waals surface area contributed by atoms with E-state index in [1.165, 1.54) is 19.3 Å². The molecule has 1 aliphatic carbocycles. The Kier molecular flexibility index (Phi) is 8.56. The van der Waals surface area contributed by atoms with Crippen LogP contribution in [0.15, 0.2) is 0 Å². The summed E-state index contributed by atoms with van der Waals surface area (Å²) in [5.74, 6) is 0.0839. The quantitative estimate of drug-likeness (QED) is 0.837. The number of halogens is 1. The zero-order chi connectivity index (χ0) is 14.4. The average Bonchev–Trinajstić information content (AvgIpc) is 2.52. The molecule has 0 aromatic heterocycles. The molecule has 0 aromatic rings. The van der Waals surface area contributed by atoms with Crippen molar-refractivity contribution >= 4 is 18.3 Å². The summed E-state index contributed by atoms with van der Waals surface area (Å²) in [4.78, 5) is 14.2. The summed E-state index contributed by atoms with van der Waals surface area (Å²) < 4.78 is 11.2. The van der Waals surface area contributed by atoms with Crippen LogP contribution in [-0.4, -0.2) is 55.9 Å². The highest BCUT2D eigenvalue weighted by atomic mass is 35.5. The zero-order valence-corrected chi connectivity index (χ0v) is 13.8. The lowest BCUT2D eigenvalue weighted by atomic mass is 9.98. The molecule has 0 bridgehead atoms. The van der Waals surface area contributed by atoms with Crippen molar-refractivity contribution < 1.29 is 14.3 Å². The van der Waals surface area contributed by atoms with Crippen molar-refractivity contribution in [2.45, 2.75) is 63.2 Å². The smallest absolute Gasteiger partial charge is 0.248 e. The van der Waals surface area contributed by atoms with Crippen molar-refractivity contribution in [2.24, 2.45) is 5.73 Å². The highest BCUT2D eigenvalue weighted by molar-refractivity contribution is 5.85. The molecule has 2 atom stereocenters. The van der Waals surface area contributed by atoms with Crippen LogP contribution in [0, 0.1) is 0 Å². The van der Waals surface area contributed by atoms with Crippen LogP contribution in [0.25, 0.3) is 0 Å². The molecule has 21 heavy (non-hydrogen) atoms. The van der Waals surface area contributed by atoms with Gasteiger partial charge in [-0.2, -0.15) is 0 Å². The van der Waals surface area contributed by atoms with E-state index in [-0.39, 0.29) is 43.2 Å². The van der Waals surface area contributed by atoms with Crippen LogP contribution in [0.4, 0.5) is 0 Å². The number of methoxy groups -OCH3 is 1. The number of rotatable bonds is 5. The van der Waals surface area contributed by atoms with Crippen molar-refractivity contribution in [1.82, 2.24) is 4.90 Å². The second-order valence-corrected chi connectivity index (χ2v) is 5.93. The van der Waals surface area contributed by atoms with Gasteiger partial charge in [0.25, 0.3) is 0 Å². The maximum Gasteiger partial charge on any atom is 0.248 e. The molecular formula is C15H29ClN2O3. The van der Waals surface area contributed by atoms with Gasteiger partial charge in [-0.3, -0.25) is 4.79 Å². The molecule has 2 aliphatic rings. The van der Waals surface area contributed by atoms with Gasteiger partial charge in [-0.25, -0.2) is 0 Å². The van der Waals surface area contributed by atoms with Gasteiger partial charge in [-0.1, -0.05) is 19.3 Å². The molecule has 2 rings (SSSR count). The first kappa shape index (κ1) is 18.7. The average molecular weight is 321 g/mol. The summed E-state index contributed by atoms with van der Waals surface area (Å²) in [7, 11) is 1.72. The number of carbonyl (C=O) groups is 1. The predicted octanol–water partition coefficient (Wildman–Crippen LogP) is 1.72. The molecule has 6 heteroatoms. The lowest BCUT2D eigenvalue weighted by Gasteiger charge is -2.38. The van der Waals surface area contributed by atoms with Gasteiger partial charge < -0.3 is 20.1 Å². The van der Waals surface area contributed by atoms with E-state index in [0.717, 1.165) is 32.2 Å². The normalized spacial score (nSPS) is 27.2. The number of nitrogens with zero attached hydrogens (tertiary/aromatic N) is 1. The number of likely N-dealkylation sites (tertiary alicyclic amines) is 1. The van der Waals surface area contributed by atoms with Crippen LogP contribution in [0.2, 0.25) is 0 Å². The number of piperidine rings is 1. The molecule has 1 saturated carbocycles. The summed E-state index contributed by atoms with van der Waals surface area (Å²) in [5, 5.41) is 0. The largest absolute Gasteiger partial charge is 0.381 e. The third-order valence-electron chi connectivity index (χ3n) is 4.59. The molecule has 1 aliphatic heterocycles. The molecule has 1 amide bonds. The first-order valence-electron chi connectivity index (χ1n) is 7.88. The fraction of sp³-hybridized carbons (Fsp3) is 0.933. The Hall–Kier alpha value is -0.360. The molecule has 0 radical (unpaired) electrons. The van der Waals surface area contributed by atoms with E-state index >= 15 is 0 Å². The molecular weight excluding hydrogens is 292 g/mol. The van der Waals surface area contributed by atoms with Crippen molar-refractivity contribution in [3.05, 3.63) is 0 Å². The van der Waals surface area contributed by atoms with Crippen molar-refractivity contribution in [3.8, 4) is 0 Å². The van der Waals surface area contributed by atoms with Crippen LogP contribution in [-0.2, 0) is 14.3 Å². The molecule has 1 heterocycles. The van der Waals surface area contributed by atoms with Gasteiger partial charge in [0.15, 0.2) is 0 Å². The molecule has 2 unspecified atom stereocenters. The number of ether oxygens (including phenoxy) is 2. The lowest BCUT2D eigenvalue weighted by Crippen LogP contribution is -2.52. The predicted molar refractivity (Wildman–Crippen MR) is 84.7 cm³/mol. The number of nitrogens with two attached hydrogens (primary N) is 1. The SMILES string of the molecule is COC1CCN(C(=O)COC2CCCCC2)C(CN)C1.Cl. The highest BCUT2D eigenvalue weighted by Gasteiger charge is 2.31. The molecule has 2 fully saturated rings. The van der Waals surface area contributed by atoms with Gasteiger partial charge >= 0.3 is 0 Å². The van der Waals surface area contributed by atoms with Crippen LogP contribution in [0.3, 0.4) is 0 Å². The standard InChI is InChI=1S/C15H28N2O3.ClH/c1-19-14-7-8-17(12(9-14)10-16)15(18)11-20-13-5-3-2-4-6-13;/h12-14H,2-11,16H2,1H3;1H. The van der Waals surface area contributed by atoms with Gasteiger partial charge in [-0.05, 0) is 25.7 Å². The van der Waals surface area contributed by atoms with Gasteiger partial charge in [0.1, 0.15) is 6.61 Å². The van der Waals surface area contributed by atoms with Gasteiger partial charge in [0.05, 0.1) is 12.2 Å². The number of hydrogen-bond acceptors (Lipinski definition) is 4. The lowest BCUT2D eigenvalue weighted by molar-refractivity contribution is -0.144. The highest BCUT2D eigenvalue weighted by Crippen LogP contribution is 2.22.